The number of H-pyrrole nitrogens is 1. The first-order valence-electron chi connectivity index (χ1n) is 5.22. The summed E-state index contributed by atoms with van der Waals surface area (Å²) in [6.07, 6.45) is 0. The summed E-state index contributed by atoms with van der Waals surface area (Å²) >= 11 is 1.53. The Kier molecular flexibility index (Phi) is 3.19. The highest BCUT2D eigenvalue weighted by molar-refractivity contribution is 7.09. The minimum absolute atomic E-state index is 0.107. The molecule has 7 nitrogen and oxygen atoms in total. The van der Waals surface area contributed by atoms with Crippen molar-refractivity contribution in [2.24, 2.45) is 7.05 Å². The maximum atomic E-state index is 11.6. The van der Waals surface area contributed by atoms with E-state index in [1.54, 1.807) is 0 Å². The molecule has 96 valence electrons. The largest absolute Gasteiger partial charge is 0.383 e. The zero-order valence-electron chi connectivity index (χ0n) is 9.98. The molecule has 0 atom stereocenters. The van der Waals surface area contributed by atoms with Crippen molar-refractivity contribution in [3.05, 3.63) is 36.9 Å². The minimum Gasteiger partial charge on any atom is -0.383 e. The number of hydrogen-bond acceptors (Lipinski definition) is 6. The van der Waals surface area contributed by atoms with Crippen LogP contribution >= 0.6 is 11.3 Å². The lowest BCUT2D eigenvalue weighted by Gasteiger charge is -2.09. The van der Waals surface area contributed by atoms with Crippen LogP contribution in [-0.2, 0) is 13.6 Å². The Morgan fingerprint density at radius 2 is 2.28 bits per heavy atom. The molecule has 0 saturated heterocycles. The van der Waals surface area contributed by atoms with E-state index in [1.165, 1.54) is 23.0 Å². The summed E-state index contributed by atoms with van der Waals surface area (Å²) < 4.78 is 1.18. The number of nitrogens with zero attached hydrogens (tertiary/aromatic N) is 2. The van der Waals surface area contributed by atoms with Crippen LogP contribution in [0.3, 0.4) is 0 Å². The Balaban J connectivity index is 2.27. The van der Waals surface area contributed by atoms with Gasteiger partial charge in [0, 0.05) is 12.4 Å². The predicted octanol–water partition coefficient (Wildman–Crippen LogP) is 0.0328. The molecule has 0 spiro atoms. The number of thiazole rings is 1. The van der Waals surface area contributed by atoms with Crippen LogP contribution in [0.15, 0.2) is 15.0 Å². The van der Waals surface area contributed by atoms with Crippen LogP contribution in [0, 0.1) is 6.92 Å². The number of hydrogen-bond donors (Lipinski definition) is 3. The van der Waals surface area contributed by atoms with Gasteiger partial charge in [-0.1, -0.05) is 0 Å². The number of aryl methyl sites for hydroxylation is 1. The van der Waals surface area contributed by atoms with Crippen LogP contribution < -0.4 is 22.3 Å². The van der Waals surface area contributed by atoms with Gasteiger partial charge in [-0.15, -0.1) is 11.3 Å². The Morgan fingerprint density at radius 3 is 2.89 bits per heavy atom. The van der Waals surface area contributed by atoms with E-state index in [9.17, 15) is 9.59 Å². The zero-order chi connectivity index (χ0) is 13.3. The molecule has 0 aliphatic carbocycles. The van der Waals surface area contributed by atoms with Gasteiger partial charge in [0.1, 0.15) is 11.5 Å². The normalized spacial score (nSPS) is 10.6. The molecule has 4 N–H and O–H groups in total. The average molecular weight is 267 g/mol. The smallest absolute Gasteiger partial charge is 0.329 e. The molecule has 0 aliphatic heterocycles. The molecule has 0 aromatic carbocycles. The molecule has 0 bridgehead atoms. The van der Waals surface area contributed by atoms with Crippen LogP contribution in [0.1, 0.15) is 10.7 Å². The first kappa shape index (κ1) is 12.4. The molecule has 0 amide bonds. The van der Waals surface area contributed by atoms with Crippen LogP contribution in [0.4, 0.5) is 11.5 Å². The fraction of sp³-hybridized carbons (Fsp3) is 0.300. The molecule has 2 rings (SSSR count). The fourth-order valence-corrected chi connectivity index (χ4v) is 2.09. The Hall–Kier alpha value is -2.09. The van der Waals surface area contributed by atoms with Crippen molar-refractivity contribution in [3.63, 3.8) is 0 Å². The molecule has 2 aromatic rings. The molecule has 0 saturated carbocycles. The van der Waals surface area contributed by atoms with Gasteiger partial charge in [-0.2, -0.15) is 0 Å². The van der Waals surface area contributed by atoms with Crippen LogP contribution in [0.25, 0.3) is 0 Å². The number of rotatable bonds is 3. The molecule has 0 fully saturated rings. The van der Waals surface area contributed by atoms with E-state index >= 15 is 0 Å². The summed E-state index contributed by atoms with van der Waals surface area (Å²) in [6.45, 7) is 2.29. The van der Waals surface area contributed by atoms with Crippen molar-refractivity contribution in [1.82, 2.24) is 14.5 Å². The number of nitrogens with one attached hydrogen (secondary N) is 2. The lowest BCUT2D eigenvalue weighted by Crippen LogP contribution is -2.32. The zero-order valence-corrected chi connectivity index (χ0v) is 10.8. The van der Waals surface area contributed by atoms with E-state index in [4.69, 9.17) is 5.73 Å². The molecule has 8 heteroatoms. The highest BCUT2D eigenvalue weighted by Crippen LogP contribution is 2.12. The van der Waals surface area contributed by atoms with Gasteiger partial charge in [0.25, 0.3) is 5.56 Å². The van der Waals surface area contributed by atoms with Crippen LogP contribution in [0.5, 0.6) is 0 Å². The van der Waals surface area contributed by atoms with Gasteiger partial charge in [-0.05, 0) is 6.92 Å². The Morgan fingerprint density at radius 1 is 1.56 bits per heavy atom. The molecular formula is C10H13N5O2S. The number of nitrogens with two attached hydrogens (primary N) is 1. The maximum Gasteiger partial charge on any atom is 0.329 e. The highest BCUT2D eigenvalue weighted by atomic mass is 32.1. The molecular weight excluding hydrogens is 254 g/mol. The summed E-state index contributed by atoms with van der Waals surface area (Å²) in [5.74, 6) is 0.107. The third kappa shape index (κ3) is 2.28. The first-order valence-corrected chi connectivity index (χ1v) is 6.10. The number of aromatic amines is 1. The molecule has 2 heterocycles. The van der Waals surface area contributed by atoms with E-state index in [0.29, 0.717) is 6.54 Å². The minimum atomic E-state index is -0.535. The van der Waals surface area contributed by atoms with Gasteiger partial charge in [0.05, 0.1) is 17.2 Å². The summed E-state index contributed by atoms with van der Waals surface area (Å²) in [5.41, 5.74) is 5.66. The van der Waals surface area contributed by atoms with Gasteiger partial charge in [0.2, 0.25) is 0 Å². The number of aromatic nitrogens is 3. The third-order valence-electron chi connectivity index (χ3n) is 2.48. The third-order valence-corrected chi connectivity index (χ3v) is 3.30. The average Bonchev–Trinajstić information content (AvgIpc) is 2.72. The SMILES string of the molecule is Cc1nc(CNc2c(N)n(C)c(=O)[nH]c2=O)cs1. The molecule has 18 heavy (non-hydrogen) atoms. The Labute approximate surface area is 106 Å². The summed E-state index contributed by atoms with van der Waals surface area (Å²) in [5, 5.41) is 5.74. The second kappa shape index (κ2) is 4.65. The van der Waals surface area contributed by atoms with Crippen LogP contribution in [-0.4, -0.2) is 14.5 Å². The standard InChI is InChI=1S/C10H13N5O2S/c1-5-13-6(4-18-5)3-12-7-8(11)15(2)10(17)14-9(7)16/h4,12H,3,11H2,1-2H3,(H,14,16,17). The van der Waals surface area contributed by atoms with Crippen LogP contribution in [0.2, 0.25) is 0 Å². The Bertz CT molecular complexity index is 684. The van der Waals surface area contributed by atoms with Gasteiger partial charge in [-0.25, -0.2) is 9.78 Å². The van der Waals surface area contributed by atoms with E-state index in [1.807, 2.05) is 12.3 Å². The van der Waals surface area contributed by atoms with Crippen molar-refractivity contribution in [2.75, 3.05) is 11.1 Å². The van der Waals surface area contributed by atoms with Gasteiger partial charge in [0.15, 0.2) is 0 Å². The molecule has 2 aromatic heterocycles. The van der Waals surface area contributed by atoms with E-state index in [2.05, 4.69) is 15.3 Å². The first-order chi connectivity index (χ1) is 8.49. The van der Waals surface area contributed by atoms with E-state index in [0.717, 1.165) is 10.7 Å². The maximum absolute atomic E-state index is 11.6. The van der Waals surface area contributed by atoms with Crippen molar-refractivity contribution in [1.29, 1.82) is 0 Å². The lowest BCUT2D eigenvalue weighted by molar-refractivity contribution is 0.812. The fourth-order valence-electron chi connectivity index (χ4n) is 1.48. The molecule has 0 radical (unpaired) electrons. The lowest BCUT2D eigenvalue weighted by atomic mass is 10.4. The van der Waals surface area contributed by atoms with Gasteiger partial charge < -0.3 is 11.1 Å². The van der Waals surface area contributed by atoms with Crippen molar-refractivity contribution in [2.45, 2.75) is 13.5 Å². The predicted molar refractivity (Wildman–Crippen MR) is 70.9 cm³/mol. The number of nitrogen functional groups attached to an aromatic ring is 1. The molecule has 0 aliphatic rings. The van der Waals surface area contributed by atoms with Gasteiger partial charge in [-0.3, -0.25) is 14.3 Å². The van der Waals surface area contributed by atoms with Crippen molar-refractivity contribution in [3.8, 4) is 0 Å². The highest BCUT2D eigenvalue weighted by Gasteiger charge is 2.09. The summed E-state index contributed by atoms with van der Waals surface area (Å²) in [4.78, 5) is 29.3. The molecule has 0 unspecified atom stereocenters. The van der Waals surface area contributed by atoms with E-state index in [-0.39, 0.29) is 11.5 Å². The second-order valence-electron chi connectivity index (χ2n) is 3.79. The summed E-state index contributed by atoms with van der Waals surface area (Å²) in [7, 11) is 1.49. The van der Waals surface area contributed by atoms with Gasteiger partial charge >= 0.3 is 5.69 Å². The van der Waals surface area contributed by atoms with Crippen molar-refractivity contribution < 1.29 is 0 Å². The summed E-state index contributed by atoms with van der Waals surface area (Å²) in [6, 6.07) is 0. The number of anilines is 2. The second-order valence-corrected chi connectivity index (χ2v) is 4.85. The quantitative estimate of drug-likeness (QED) is 0.727. The topological polar surface area (TPSA) is 106 Å². The van der Waals surface area contributed by atoms with Crippen molar-refractivity contribution >= 4 is 22.8 Å². The monoisotopic (exact) mass is 267 g/mol. The van der Waals surface area contributed by atoms with E-state index < -0.39 is 11.2 Å².